The Morgan fingerprint density at radius 2 is 2.19 bits per heavy atom. The highest BCUT2D eigenvalue weighted by Gasteiger charge is 2.40. The number of aliphatic hydroxyl groups is 1. The van der Waals surface area contributed by atoms with E-state index >= 15 is 0 Å². The second-order valence-corrected chi connectivity index (χ2v) is 7.85. The number of nitrogens with zero attached hydrogens (tertiary/aromatic N) is 5. The van der Waals surface area contributed by atoms with Crippen molar-refractivity contribution >= 4 is 23.3 Å². The van der Waals surface area contributed by atoms with Crippen LogP contribution in [0.2, 0.25) is 0 Å². The third-order valence-electron chi connectivity index (χ3n) is 3.79. The molecule has 0 bridgehead atoms. The summed E-state index contributed by atoms with van der Waals surface area (Å²) in [5.41, 5.74) is -1.83. The van der Waals surface area contributed by atoms with E-state index in [9.17, 15) is 18.3 Å². The first kappa shape index (κ1) is 18.8. The molecule has 0 saturated heterocycles. The number of aromatic nitrogens is 5. The highest BCUT2D eigenvalue weighted by Crippen LogP contribution is 2.39. The predicted molar refractivity (Wildman–Crippen MR) is 90.3 cm³/mol. The summed E-state index contributed by atoms with van der Waals surface area (Å²) in [6.07, 6.45) is 2.67. The van der Waals surface area contributed by atoms with Gasteiger partial charge in [0.15, 0.2) is 16.8 Å². The van der Waals surface area contributed by atoms with E-state index in [2.05, 4.69) is 19.4 Å². The van der Waals surface area contributed by atoms with Crippen LogP contribution >= 0.6 is 23.3 Å². The van der Waals surface area contributed by atoms with Crippen molar-refractivity contribution in [2.45, 2.75) is 35.3 Å². The Labute approximate surface area is 155 Å². The fraction of sp³-hybridized carbons (Fsp3) is 0.333. The van der Waals surface area contributed by atoms with Gasteiger partial charge in [0.05, 0.1) is 6.54 Å². The minimum atomic E-state index is -1.75. The molecule has 0 saturated carbocycles. The topological polar surface area (TPSA) is 76.7 Å². The SMILES string of the molecule is CC(Sc1nc(CF)ns1)C(O)(Cn1cncn1)c1ccc(F)cc1F. The van der Waals surface area contributed by atoms with Gasteiger partial charge in [-0.2, -0.15) is 9.47 Å². The number of benzene rings is 1. The first-order valence-corrected chi connectivity index (χ1v) is 9.13. The molecule has 0 radical (unpaired) electrons. The summed E-state index contributed by atoms with van der Waals surface area (Å²) < 4.78 is 46.0. The monoisotopic (exact) mass is 401 g/mol. The van der Waals surface area contributed by atoms with Gasteiger partial charge in [0.2, 0.25) is 0 Å². The molecule has 3 aromatic rings. The molecular weight excluding hydrogens is 387 g/mol. The van der Waals surface area contributed by atoms with Crippen LogP contribution in [0.5, 0.6) is 0 Å². The van der Waals surface area contributed by atoms with Crippen LogP contribution in [0.4, 0.5) is 13.2 Å². The van der Waals surface area contributed by atoms with Gasteiger partial charge in [-0.3, -0.25) is 0 Å². The zero-order valence-corrected chi connectivity index (χ0v) is 15.1. The highest BCUT2D eigenvalue weighted by molar-refractivity contribution is 8.01. The molecule has 0 amide bonds. The molecule has 1 N–H and O–H groups in total. The third-order valence-corrected chi connectivity index (χ3v) is 5.88. The fourth-order valence-electron chi connectivity index (χ4n) is 2.42. The minimum Gasteiger partial charge on any atom is -0.382 e. The average molecular weight is 401 g/mol. The Bertz CT molecular complexity index is 876. The zero-order valence-electron chi connectivity index (χ0n) is 13.5. The van der Waals surface area contributed by atoms with Crippen LogP contribution in [0.25, 0.3) is 0 Å². The van der Waals surface area contributed by atoms with Crippen molar-refractivity contribution in [1.82, 2.24) is 24.1 Å². The van der Waals surface area contributed by atoms with Crippen LogP contribution in [0, 0.1) is 11.6 Å². The van der Waals surface area contributed by atoms with Gasteiger partial charge in [-0.1, -0.05) is 17.8 Å². The third kappa shape index (κ3) is 3.89. The van der Waals surface area contributed by atoms with Gasteiger partial charge in [-0.25, -0.2) is 27.8 Å². The lowest BCUT2D eigenvalue weighted by Gasteiger charge is -2.33. The molecule has 2 aromatic heterocycles. The molecule has 3 rings (SSSR count). The molecule has 26 heavy (non-hydrogen) atoms. The predicted octanol–water partition coefficient (Wildman–Crippen LogP) is 2.95. The van der Waals surface area contributed by atoms with Crippen LogP contribution in [-0.4, -0.2) is 34.5 Å². The smallest absolute Gasteiger partial charge is 0.174 e. The maximum atomic E-state index is 14.4. The minimum absolute atomic E-state index is 0.0532. The molecule has 0 aliphatic rings. The summed E-state index contributed by atoms with van der Waals surface area (Å²) in [6, 6.07) is 2.99. The first-order valence-electron chi connectivity index (χ1n) is 7.48. The van der Waals surface area contributed by atoms with Crippen LogP contribution < -0.4 is 0 Å². The van der Waals surface area contributed by atoms with E-state index in [1.54, 1.807) is 6.92 Å². The summed E-state index contributed by atoms with van der Waals surface area (Å²) in [5, 5.41) is 14.6. The summed E-state index contributed by atoms with van der Waals surface area (Å²) in [6.45, 7) is 0.765. The van der Waals surface area contributed by atoms with E-state index in [0.717, 1.165) is 29.4 Å². The van der Waals surface area contributed by atoms with Gasteiger partial charge in [-0.15, -0.1) is 0 Å². The quantitative estimate of drug-likeness (QED) is 0.614. The molecule has 1 aromatic carbocycles. The van der Waals surface area contributed by atoms with E-state index in [4.69, 9.17) is 0 Å². The lowest BCUT2D eigenvalue weighted by Crippen LogP contribution is -2.41. The Hall–Kier alpha value is -1.98. The largest absolute Gasteiger partial charge is 0.382 e. The molecule has 2 atom stereocenters. The molecule has 6 nitrogen and oxygen atoms in total. The molecule has 0 fully saturated rings. The maximum Gasteiger partial charge on any atom is 0.174 e. The molecule has 138 valence electrons. The Kier molecular flexibility index (Phi) is 5.58. The van der Waals surface area contributed by atoms with Crippen LogP contribution in [0.1, 0.15) is 18.3 Å². The Balaban J connectivity index is 1.95. The Morgan fingerprint density at radius 3 is 2.81 bits per heavy atom. The number of alkyl halides is 1. The van der Waals surface area contributed by atoms with Gasteiger partial charge in [0.25, 0.3) is 0 Å². The molecular formula is C15H14F3N5OS2. The van der Waals surface area contributed by atoms with Crippen molar-refractivity contribution in [2.75, 3.05) is 0 Å². The lowest BCUT2D eigenvalue weighted by molar-refractivity contribution is 0.0133. The van der Waals surface area contributed by atoms with E-state index in [1.807, 2.05) is 0 Å². The molecule has 0 spiro atoms. The molecule has 2 heterocycles. The van der Waals surface area contributed by atoms with Gasteiger partial charge in [-0.05, 0) is 24.5 Å². The zero-order chi connectivity index (χ0) is 18.7. The number of halogens is 3. The van der Waals surface area contributed by atoms with E-state index in [0.29, 0.717) is 10.4 Å². The first-order chi connectivity index (χ1) is 12.4. The summed E-state index contributed by atoms with van der Waals surface area (Å²) in [4.78, 5) is 7.82. The number of hydrogen-bond donors (Lipinski definition) is 1. The second kappa shape index (κ2) is 7.72. The van der Waals surface area contributed by atoms with Crippen LogP contribution in [-0.2, 0) is 18.8 Å². The summed E-state index contributed by atoms with van der Waals surface area (Å²) >= 11 is 2.11. The van der Waals surface area contributed by atoms with Crippen molar-refractivity contribution in [2.24, 2.45) is 0 Å². The van der Waals surface area contributed by atoms with Crippen LogP contribution in [0.15, 0.2) is 35.2 Å². The summed E-state index contributed by atoms with van der Waals surface area (Å²) in [7, 11) is 0. The molecule has 0 aliphatic heterocycles. The van der Waals surface area contributed by atoms with Crippen LogP contribution in [0.3, 0.4) is 0 Å². The number of hydrogen-bond acceptors (Lipinski definition) is 7. The van der Waals surface area contributed by atoms with Crippen molar-refractivity contribution < 1.29 is 18.3 Å². The van der Waals surface area contributed by atoms with Gasteiger partial charge in [0.1, 0.15) is 29.9 Å². The fourth-order valence-corrected chi connectivity index (χ4v) is 4.42. The van der Waals surface area contributed by atoms with E-state index in [1.165, 1.54) is 23.4 Å². The van der Waals surface area contributed by atoms with E-state index < -0.39 is 29.2 Å². The number of thioether (sulfide) groups is 1. The molecule has 0 aliphatic carbocycles. The average Bonchev–Trinajstić information content (AvgIpc) is 3.26. The molecule has 2 unspecified atom stereocenters. The second-order valence-electron chi connectivity index (χ2n) is 5.51. The number of rotatable bonds is 7. The normalized spacial score (nSPS) is 15.0. The lowest BCUT2D eigenvalue weighted by atomic mass is 9.90. The van der Waals surface area contributed by atoms with Gasteiger partial charge in [0, 0.05) is 16.9 Å². The van der Waals surface area contributed by atoms with Crippen molar-refractivity contribution in [1.29, 1.82) is 0 Å². The van der Waals surface area contributed by atoms with Gasteiger partial charge < -0.3 is 5.11 Å². The summed E-state index contributed by atoms with van der Waals surface area (Å²) in [5.74, 6) is -1.56. The van der Waals surface area contributed by atoms with Crippen molar-refractivity contribution in [3.05, 3.63) is 53.9 Å². The van der Waals surface area contributed by atoms with Crippen molar-refractivity contribution in [3.63, 3.8) is 0 Å². The van der Waals surface area contributed by atoms with Gasteiger partial charge >= 0.3 is 0 Å². The Morgan fingerprint density at radius 1 is 1.38 bits per heavy atom. The molecule has 11 heteroatoms. The van der Waals surface area contributed by atoms with Crippen molar-refractivity contribution in [3.8, 4) is 0 Å². The standard InChI is InChI=1S/C15H14F3N5OS2/c1-9(25-14-21-13(5-16)22-26-14)15(24,6-23-8-19-7-20-23)11-3-2-10(17)4-12(11)18/h2-4,7-9,24H,5-6H2,1H3. The van der Waals surface area contributed by atoms with E-state index in [-0.39, 0.29) is 17.9 Å². The highest BCUT2D eigenvalue weighted by atomic mass is 32.2. The maximum absolute atomic E-state index is 14.4.